The number of carbonyl (C=O) groups excluding carboxylic acids is 1. The van der Waals surface area contributed by atoms with Crippen LogP contribution < -0.4 is 11.3 Å². The minimum Gasteiger partial charge on any atom is -0.468 e. The third-order valence-electron chi connectivity index (χ3n) is 2.13. The molecule has 0 aliphatic carbocycles. The number of hydrazine groups is 1. The van der Waals surface area contributed by atoms with Crippen LogP contribution in [0.25, 0.3) is 0 Å². The fourth-order valence-electron chi connectivity index (χ4n) is 1.00. The molecule has 0 radical (unpaired) electrons. The van der Waals surface area contributed by atoms with Crippen molar-refractivity contribution in [2.24, 2.45) is 5.84 Å². The van der Waals surface area contributed by atoms with Gasteiger partial charge >= 0.3 is 0 Å². The van der Waals surface area contributed by atoms with Gasteiger partial charge in [0.25, 0.3) is 5.91 Å². The molecule has 1 rings (SSSR count). The normalized spacial score (nSPS) is 12.5. The molecule has 1 amide bonds. The Morgan fingerprint density at radius 1 is 1.73 bits per heavy atom. The van der Waals surface area contributed by atoms with Crippen molar-refractivity contribution in [3.05, 3.63) is 23.7 Å². The fourth-order valence-corrected chi connectivity index (χ4v) is 1.84. The van der Waals surface area contributed by atoms with Crippen LogP contribution in [-0.4, -0.2) is 11.2 Å². The van der Waals surface area contributed by atoms with Crippen molar-refractivity contribution in [1.29, 1.82) is 0 Å². The van der Waals surface area contributed by atoms with E-state index in [1.165, 1.54) is 6.26 Å². The van der Waals surface area contributed by atoms with Gasteiger partial charge in [-0.25, -0.2) is 5.84 Å². The number of nitrogen functional groups attached to an aromatic ring is 1. The second kappa shape index (κ2) is 5.82. The van der Waals surface area contributed by atoms with E-state index < -0.39 is 0 Å². The van der Waals surface area contributed by atoms with Crippen LogP contribution in [0.5, 0.6) is 0 Å². The highest BCUT2D eigenvalue weighted by atomic mass is 32.2. The molecule has 5 heteroatoms. The number of nitrogens with two attached hydrogens (primary N) is 1. The van der Waals surface area contributed by atoms with Gasteiger partial charge in [0.1, 0.15) is 12.0 Å². The molecule has 3 N–H and O–H groups in total. The number of rotatable bonds is 5. The first-order valence-corrected chi connectivity index (χ1v) is 5.92. The summed E-state index contributed by atoms with van der Waals surface area (Å²) in [4.78, 5) is 11.1. The Morgan fingerprint density at radius 3 is 3.07 bits per heavy atom. The number of hydrogen-bond acceptors (Lipinski definition) is 4. The zero-order valence-electron chi connectivity index (χ0n) is 8.95. The van der Waals surface area contributed by atoms with Crippen LogP contribution in [0.15, 0.2) is 16.7 Å². The van der Waals surface area contributed by atoms with Crippen LogP contribution in [0, 0.1) is 0 Å². The van der Waals surface area contributed by atoms with Gasteiger partial charge in [-0.3, -0.25) is 10.2 Å². The Balaban J connectivity index is 2.49. The number of hydrogen-bond donors (Lipinski definition) is 2. The van der Waals surface area contributed by atoms with E-state index >= 15 is 0 Å². The maximum atomic E-state index is 11.1. The molecule has 0 fully saturated rings. The number of furan rings is 1. The highest BCUT2D eigenvalue weighted by Crippen LogP contribution is 2.21. The number of carbonyl (C=O) groups is 1. The Hall–Kier alpha value is -0.940. The Morgan fingerprint density at radius 2 is 2.47 bits per heavy atom. The van der Waals surface area contributed by atoms with Gasteiger partial charge in [-0.1, -0.05) is 13.8 Å². The van der Waals surface area contributed by atoms with Crippen molar-refractivity contribution < 1.29 is 9.21 Å². The second-order valence-corrected chi connectivity index (χ2v) is 4.73. The van der Waals surface area contributed by atoms with Crippen LogP contribution in [0.2, 0.25) is 0 Å². The smallest absolute Gasteiger partial charge is 0.268 e. The van der Waals surface area contributed by atoms with Crippen molar-refractivity contribution in [3.63, 3.8) is 0 Å². The summed E-state index contributed by atoms with van der Waals surface area (Å²) < 4.78 is 5.25. The van der Waals surface area contributed by atoms with Gasteiger partial charge in [0.2, 0.25) is 0 Å². The lowest BCUT2D eigenvalue weighted by molar-refractivity contribution is 0.0953. The van der Waals surface area contributed by atoms with E-state index in [1.54, 1.807) is 17.8 Å². The first-order chi connectivity index (χ1) is 7.17. The SMILES string of the molecule is CCC(C)SCc1cc(C(=O)NN)co1. The van der Waals surface area contributed by atoms with Crippen molar-refractivity contribution in [3.8, 4) is 0 Å². The maximum Gasteiger partial charge on any atom is 0.268 e. The van der Waals surface area contributed by atoms with E-state index in [4.69, 9.17) is 10.3 Å². The molecule has 1 aromatic rings. The topological polar surface area (TPSA) is 68.3 Å². The lowest BCUT2D eigenvalue weighted by Gasteiger charge is -2.05. The van der Waals surface area contributed by atoms with Crippen molar-refractivity contribution >= 4 is 17.7 Å². The highest BCUT2D eigenvalue weighted by molar-refractivity contribution is 7.99. The summed E-state index contributed by atoms with van der Waals surface area (Å²) in [5.74, 6) is 6.28. The van der Waals surface area contributed by atoms with Crippen molar-refractivity contribution in [1.82, 2.24) is 5.43 Å². The third kappa shape index (κ3) is 3.60. The van der Waals surface area contributed by atoms with Gasteiger partial charge in [-0.05, 0) is 12.5 Å². The Kier molecular flexibility index (Phi) is 4.71. The average molecular weight is 228 g/mol. The molecule has 0 aromatic carbocycles. The standard InChI is InChI=1S/C10H16N2O2S/c1-3-7(2)15-6-9-4-8(5-14-9)10(13)12-11/h4-5,7H,3,6,11H2,1-2H3,(H,12,13). The van der Waals surface area contributed by atoms with Crippen LogP contribution in [-0.2, 0) is 5.75 Å². The summed E-state index contributed by atoms with van der Waals surface area (Å²) in [6.07, 6.45) is 2.55. The number of nitrogens with one attached hydrogen (secondary N) is 1. The van der Waals surface area contributed by atoms with E-state index in [-0.39, 0.29) is 5.91 Å². The van der Waals surface area contributed by atoms with Gasteiger partial charge in [0, 0.05) is 5.25 Å². The monoisotopic (exact) mass is 228 g/mol. The molecule has 4 nitrogen and oxygen atoms in total. The largest absolute Gasteiger partial charge is 0.468 e. The molecule has 1 atom stereocenters. The van der Waals surface area contributed by atoms with E-state index in [9.17, 15) is 4.79 Å². The molecule has 1 heterocycles. The Bertz CT molecular complexity index is 325. The highest BCUT2D eigenvalue weighted by Gasteiger charge is 2.09. The summed E-state index contributed by atoms with van der Waals surface area (Å²) in [7, 11) is 0. The summed E-state index contributed by atoms with van der Waals surface area (Å²) in [6, 6.07) is 1.72. The summed E-state index contributed by atoms with van der Waals surface area (Å²) in [5.41, 5.74) is 2.53. The minimum atomic E-state index is -0.321. The first kappa shape index (κ1) is 12.1. The molecule has 1 unspecified atom stereocenters. The fraction of sp³-hybridized carbons (Fsp3) is 0.500. The molecule has 1 aromatic heterocycles. The van der Waals surface area contributed by atoms with E-state index in [0.717, 1.165) is 17.9 Å². The van der Waals surface area contributed by atoms with Crippen LogP contribution in [0.3, 0.4) is 0 Å². The maximum absolute atomic E-state index is 11.1. The molecular weight excluding hydrogens is 212 g/mol. The first-order valence-electron chi connectivity index (χ1n) is 4.87. The predicted octanol–water partition coefficient (Wildman–Crippen LogP) is 1.91. The molecular formula is C10H16N2O2S. The van der Waals surface area contributed by atoms with Crippen molar-refractivity contribution in [2.75, 3.05) is 0 Å². The molecule has 0 spiro atoms. The zero-order valence-corrected chi connectivity index (χ0v) is 9.76. The molecule has 0 saturated carbocycles. The van der Waals surface area contributed by atoms with E-state index in [1.807, 2.05) is 0 Å². The minimum absolute atomic E-state index is 0.321. The molecule has 0 bridgehead atoms. The molecule has 0 aliphatic rings. The lowest BCUT2D eigenvalue weighted by atomic mass is 10.3. The number of amides is 1. The second-order valence-electron chi connectivity index (χ2n) is 3.31. The van der Waals surface area contributed by atoms with Crippen LogP contribution in [0.4, 0.5) is 0 Å². The molecule has 0 aliphatic heterocycles. The van der Waals surface area contributed by atoms with Gasteiger partial charge < -0.3 is 4.42 Å². The zero-order chi connectivity index (χ0) is 11.3. The summed E-state index contributed by atoms with van der Waals surface area (Å²) >= 11 is 1.81. The van der Waals surface area contributed by atoms with E-state index in [0.29, 0.717) is 10.8 Å². The molecule has 0 saturated heterocycles. The van der Waals surface area contributed by atoms with Crippen LogP contribution >= 0.6 is 11.8 Å². The lowest BCUT2D eigenvalue weighted by Crippen LogP contribution is -2.29. The summed E-state index contributed by atoms with van der Waals surface area (Å²) in [6.45, 7) is 4.31. The average Bonchev–Trinajstić information content (AvgIpc) is 2.73. The van der Waals surface area contributed by atoms with Gasteiger partial charge in [-0.2, -0.15) is 11.8 Å². The molecule has 84 valence electrons. The molecule has 15 heavy (non-hydrogen) atoms. The quantitative estimate of drug-likeness (QED) is 0.459. The predicted molar refractivity (Wildman–Crippen MR) is 61.4 cm³/mol. The third-order valence-corrected chi connectivity index (χ3v) is 3.49. The van der Waals surface area contributed by atoms with E-state index in [2.05, 4.69) is 19.3 Å². The number of thioether (sulfide) groups is 1. The van der Waals surface area contributed by atoms with Gasteiger partial charge in [0.05, 0.1) is 11.3 Å². The summed E-state index contributed by atoms with van der Waals surface area (Å²) in [5, 5.41) is 0.599. The van der Waals surface area contributed by atoms with Crippen LogP contribution in [0.1, 0.15) is 36.4 Å². The Labute approximate surface area is 93.6 Å². The van der Waals surface area contributed by atoms with Gasteiger partial charge in [-0.15, -0.1) is 0 Å². The van der Waals surface area contributed by atoms with Gasteiger partial charge in [0.15, 0.2) is 0 Å². The van der Waals surface area contributed by atoms with Crippen molar-refractivity contribution in [2.45, 2.75) is 31.3 Å².